The summed E-state index contributed by atoms with van der Waals surface area (Å²) in [7, 11) is 0. The number of aryl methyl sites for hydroxylation is 1. The van der Waals surface area contributed by atoms with Gasteiger partial charge in [0.05, 0.1) is 0 Å². The fourth-order valence-corrected chi connectivity index (χ4v) is 4.28. The second kappa shape index (κ2) is 10.8. The number of Topliss-reactive ketones (excluding diaryl/α,β-unsaturated/α-hetero) is 1. The second-order valence-electron chi connectivity index (χ2n) is 7.95. The number of carbonyl (C=O) groups excluding carboxylic acids is 2. The Morgan fingerprint density at radius 1 is 1.04 bits per heavy atom. The first-order chi connectivity index (χ1) is 12.6. The lowest BCUT2D eigenvalue weighted by Gasteiger charge is -2.29. The van der Waals surface area contributed by atoms with E-state index in [0.29, 0.717) is 18.5 Å². The van der Waals surface area contributed by atoms with Gasteiger partial charge in [-0.1, -0.05) is 44.0 Å². The van der Waals surface area contributed by atoms with Crippen LogP contribution >= 0.6 is 12.4 Å². The number of piperidine rings is 1. The Morgan fingerprint density at radius 3 is 2.33 bits per heavy atom. The van der Waals surface area contributed by atoms with E-state index < -0.39 is 0 Å². The van der Waals surface area contributed by atoms with Crippen molar-refractivity contribution in [1.29, 1.82) is 0 Å². The van der Waals surface area contributed by atoms with Gasteiger partial charge in [0.2, 0.25) is 5.91 Å². The Kier molecular flexibility index (Phi) is 8.78. The molecule has 2 bridgehead atoms. The topological polar surface area (TPSA) is 58.2 Å². The number of carbonyl (C=O) groups is 2. The van der Waals surface area contributed by atoms with E-state index in [0.717, 1.165) is 24.8 Å². The third kappa shape index (κ3) is 6.62. The molecule has 2 N–H and O–H groups in total. The van der Waals surface area contributed by atoms with Gasteiger partial charge in [-0.3, -0.25) is 9.59 Å². The molecule has 0 aliphatic carbocycles. The van der Waals surface area contributed by atoms with Crippen LogP contribution in [0.15, 0.2) is 24.3 Å². The van der Waals surface area contributed by atoms with E-state index in [4.69, 9.17) is 0 Å². The molecule has 4 nitrogen and oxygen atoms in total. The van der Waals surface area contributed by atoms with Crippen molar-refractivity contribution >= 4 is 24.1 Å². The number of benzene rings is 1. The van der Waals surface area contributed by atoms with Gasteiger partial charge in [-0.2, -0.15) is 0 Å². The number of unbranched alkanes of at least 4 members (excludes halogenated alkanes) is 2. The molecule has 5 heteroatoms. The average Bonchev–Trinajstić information content (AvgIpc) is 2.99. The molecule has 2 fully saturated rings. The van der Waals surface area contributed by atoms with Crippen LogP contribution in [0.1, 0.15) is 80.6 Å². The summed E-state index contributed by atoms with van der Waals surface area (Å²) in [5.41, 5.74) is 2.00. The van der Waals surface area contributed by atoms with Gasteiger partial charge in [0.25, 0.3) is 0 Å². The summed E-state index contributed by atoms with van der Waals surface area (Å²) in [5.74, 6) is 0.0754. The van der Waals surface area contributed by atoms with Gasteiger partial charge in [0.15, 0.2) is 5.78 Å². The number of hydrogen-bond acceptors (Lipinski definition) is 3. The van der Waals surface area contributed by atoms with Crippen LogP contribution < -0.4 is 10.6 Å². The Labute approximate surface area is 169 Å². The molecule has 2 saturated heterocycles. The maximum atomic E-state index is 12.3. The minimum Gasteiger partial charge on any atom is -0.353 e. The second-order valence-corrected chi connectivity index (χ2v) is 7.95. The highest BCUT2D eigenvalue weighted by Crippen LogP contribution is 2.26. The SMILES string of the molecule is CCCCCc1ccc(C(=O)CCC(=O)NC2CC3CCC(C2)N3)cc1.Cl. The van der Waals surface area contributed by atoms with Gasteiger partial charge in [-0.05, 0) is 44.1 Å². The normalized spacial score (nSPS) is 23.5. The first kappa shape index (κ1) is 21.9. The summed E-state index contributed by atoms with van der Waals surface area (Å²) in [5, 5.41) is 6.71. The van der Waals surface area contributed by atoms with Crippen molar-refractivity contribution in [3.63, 3.8) is 0 Å². The van der Waals surface area contributed by atoms with Crippen LogP contribution in [0.25, 0.3) is 0 Å². The Morgan fingerprint density at radius 2 is 1.70 bits per heavy atom. The first-order valence-electron chi connectivity index (χ1n) is 10.3. The third-order valence-electron chi connectivity index (χ3n) is 5.76. The van der Waals surface area contributed by atoms with Gasteiger partial charge < -0.3 is 10.6 Å². The largest absolute Gasteiger partial charge is 0.353 e. The van der Waals surface area contributed by atoms with Gasteiger partial charge in [0, 0.05) is 36.5 Å². The zero-order chi connectivity index (χ0) is 18.4. The van der Waals surface area contributed by atoms with Crippen LogP contribution in [0.2, 0.25) is 0 Å². The van der Waals surface area contributed by atoms with Crippen molar-refractivity contribution in [2.24, 2.45) is 0 Å². The predicted molar refractivity (Wildman–Crippen MR) is 112 cm³/mol. The standard InChI is InChI=1S/C22H32N2O2.ClH/c1-2-3-4-5-16-6-8-17(9-7-16)21(25)12-13-22(26)24-20-14-18-10-11-19(15-20)23-18;/h6-9,18-20,23H,2-5,10-15H2,1H3,(H,24,26);1H. The molecule has 150 valence electrons. The minimum absolute atomic E-state index is 0. The molecule has 3 rings (SSSR count). The number of hydrogen-bond donors (Lipinski definition) is 2. The molecule has 2 aliphatic heterocycles. The van der Waals surface area contributed by atoms with Crippen LogP contribution in [-0.4, -0.2) is 29.8 Å². The van der Waals surface area contributed by atoms with Gasteiger partial charge in [0.1, 0.15) is 0 Å². The van der Waals surface area contributed by atoms with Gasteiger partial charge in [-0.25, -0.2) is 0 Å². The number of rotatable bonds is 9. The van der Waals surface area contributed by atoms with E-state index in [2.05, 4.69) is 17.6 Å². The Hall–Kier alpha value is -1.39. The van der Waals surface area contributed by atoms with E-state index >= 15 is 0 Å². The fraction of sp³-hybridized carbons (Fsp3) is 0.636. The third-order valence-corrected chi connectivity index (χ3v) is 5.76. The number of ketones is 1. The van der Waals surface area contributed by atoms with Crippen LogP contribution in [-0.2, 0) is 11.2 Å². The van der Waals surface area contributed by atoms with E-state index in [-0.39, 0.29) is 36.6 Å². The maximum absolute atomic E-state index is 12.3. The van der Waals surface area contributed by atoms with Crippen LogP contribution in [0.4, 0.5) is 0 Å². The number of amides is 1. The molecule has 1 amide bonds. The summed E-state index contributed by atoms with van der Waals surface area (Å²) in [6.45, 7) is 2.20. The smallest absolute Gasteiger partial charge is 0.220 e. The molecule has 0 aromatic heterocycles. The predicted octanol–water partition coefficient (Wildman–Crippen LogP) is 4.20. The van der Waals surface area contributed by atoms with Crippen molar-refractivity contribution < 1.29 is 9.59 Å². The molecular formula is C22H33ClN2O2. The van der Waals surface area contributed by atoms with E-state index in [9.17, 15) is 9.59 Å². The summed E-state index contributed by atoms with van der Waals surface area (Å²) in [4.78, 5) is 24.5. The van der Waals surface area contributed by atoms with Crippen molar-refractivity contribution in [3.05, 3.63) is 35.4 Å². The van der Waals surface area contributed by atoms with Crippen molar-refractivity contribution in [3.8, 4) is 0 Å². The number of nitrogens with one attached hydrogen (secondary N) is 2. The fourth-order valence-electron chi connectivity index (χ4n) is 4.28. The lowest BCUT2D eigenvalue weighted by molar-refractivity contribution is -0.122. The zero-order valence-corrected chi connectivity index (χ0v) is 17.2. The monoisotopic (exact) mass is 392 g/mol. The summed E-state index contributed by atoms with van der Waals surface area (Å²) in [6.07, 6.45) is 9.81. The van der Waals surface area contributed by atoms with Crippen molar-refractivity contribution in [2.45, 2.75) is 89.3 Å². The number of halogens is 1. The van der Waals surface area contributed by atoms with Crippen LogP contribution in [0.3, 0.4) is 0 Å². The summed E-state index contributed by atoms with van der Waals surface area (Å²) in [6, 6.07) is 9.33. The molecule has 0 saturated carbocycles. The molecule has 2 aliphatic rings. The molecule has 1 aromatic carbocycles. The van der Waals surface area contributed by atoms with E-state index in [1.807, 2.05) is 24.3 Å². The van der Waals surface area contributed by atoms with Crippen molar-refractivity contribution in [1.82, 2.24) is 10.6 Å². The molecule has 0 radical (unpaired) electrons. The van der Waals surface area contributed by atoms with E-state index in [1.54, 1.807) is 0 Å². The lowest BCUT2D eigenvalue weighted by Crippen LogP contribution is -2.48. The molecule has 0 spiro atoms. The Bertz CT molecular complexity index is 605. The highest BCUT2D eigenvalue weighted by atomic mass is 35.5. The summed E-state index contributed by atoms with van der Waals surface area (Å²) >= 11 is 0. The van der Waals surface area contributed by atoms with Crippen molar-refractivity contribution in [2.75, 3.05) is 0 Å². The lowest BCUT2D eigenvalue weighted by atomic mass is 9.99. The van der Waals surface area contributed by atoms with E-state index in [1.165, 1.54) is 37.7 Å². The molecule has 2 atom stereocenters. The average molecular weight is 393 g/mol. The highest BCUT2D eigenvalue weighted by molar-refractivity contribution is 5.98. The number of fused-ring (bicyclic) bond motifs is 2. The zero-order valence-electron chi connectivity index (χ0n) is 16.3. The molecule has 27 heavy (non-hydrogen) atoms. The van der Waals surface area contributed by atoms with Gasteiger partial charge in [-0.15, -0.1) is 12.4 Å². The van der Waals surface area contributed by atoms with Crippen LogP contribution in [0, 0.1) is 0 Å². The first-order valence-corrected chi connectivity index (χ1v) is 10.3. The minimum atomic E-state index is 0. The molecular weight excluding hydrogens is 360 g/mol. The molecule has 2 unspecified atom stereocenters. The summed E-state index contributed by atoms with van der Waals surface area (Å²) < 4.78 is 0. The highest BCUT2D eigenvalue weighted by Gasteiger charge is 2.33. The molecule has 1 aromatic rings. The van der Waals surface area contributed by atoms with Gasteiger partial charge >= 0.3 is 0 Å². The maximum Gasteiger partial charge on any atom is 0.220 e. The molecule has 2 heterocycles. The van der Waals surface area contributed by atoms with Crippen LogP contribution in [0.5, 0.6) is 0 Å². The quantitative estimate of drug-likeness (QED) is 0.489. The Balaban J connectivity index is 0.00000261.